The van der Waals surface area contributed by atoms with E-state index in [1.807, 2.05) is 6.07 Å². The smallest absolute Gasteiger partial charge is 0.0616 e. The van der Waals surface area contributed by atoms with Crippen molar-refractivity contribution in [3.05, 3.63) is 157 Å². The summed E-state index contributed by atoms with van der Waals surface area (Å²) >= 11 is 0. The third-order valence-electron chi connectivity index (χ3n) is 6.91. The molecule has 8 aromatic carbocycles. The van der Waals surface area contributed by atoms with E-state index in [9.17, 15) is 9.60 Å². The molecular weight excluding hydrogens is 480 g/mol. The Kier molecular flexibility index (Phi) is 2.48. The highest BCUT2D eigenvalue weighted by Crippen LogP contribution is 2.47. The van der Waals surface area contributed by atoms with Gasteiger partial charge in [-0.3, -0.25) is 0 Å². The summed E-state index contributed by atoms with van der Waals surface area (Å²) in [5, 5.41) is -1.63. The predicted molar refractivity (Wildman–Crippen MR) is 173 cm³/mol. The van der Waals surface area contributed by atoms with E-state index in [1.54, 1.807) is 36.4 Å². The lowest BCUT2D eigenvalue weighted by atomic mass is 9.83. The fraction of sp³-hybridized carbons (Fsp3) is 0. The van der Waals surface area contributed by atoms with Gasteiger partial charge in [-0.05, 0) is 82.5 Å². The molecule has 0 aliphatic carbocycles. The van der Waals surface area contributed by atoms with E-state index < -0.39 is 164 Å². The topological polar surface area (TPSA) is 0 Å². The second kappa shape index (κ2) is 9.22. The maximum Gasteiger partial charge on any atom is 0.0629 e. The van der Waals surface area contributed by atoms with E-state index >= 15 is 0 Å². The minimum Gasteiger partial charge on any atom is -0.0616 e. The first-order valence-electron chi connectivity index (χ1n) is 21.8. The molecule has 0 spiro atoms. The van der Waals surface area contributed by atoms with Gasteiger partial charge in [0.15, 0.2) is 0 Å². The summed E-state index contributed by atoms with van der Waals surface area (Å²) in [6, 6.07) is -2.75. The van der Waals surface area contributed by atoms with Crippen LogP contribution in [0.2, 0.25) is 0 Å². The Labute approximate surface area is 260 Å². The van der Waals surface area contributed by atoms with Crippen molar-refractivity contribution < 1.29 is 26.0 Å². The summed E-state index contributed by atoms with van der Waals surface area (Å²) in [4.78, 5) is 0. The van der Waals surface area contributed by atoms with Crippen molar-refractivity contribution in [1.29, 1.82) is 0 Å². The predicted octanol–water partition coefficient (Wildman–Crippen LogP) is 11.3. The minimum atomic E-state index is -0.847. The molecule has 0 aliphatic rings. The van der Waals surface area contributed by atoms with Crippen molar-refractivity contribution in [2.24, 2.45) is 0 Å². The molecule has 0 bridgehead atoms. The van der Waals surface area contributed by atoms with Gasteiger partial charge >= 0.3 is 0 Å². The molecule has 0 fully saturated rings. The van der Waals surface area contributed by atoms with Crippen LogP contribution in [0.1, 0.15) is 26.0 Å². The first-order valence-corrected chi connectivity index (χ1v) is 12.3. The van der Waals surface area contributed by atoms with Crippen molar-refractivity contribution in [2.75, 3.05) is 0 Å². The Morgan fingerprint density at radius 3 is 1.55 bits per heavy atom. The van der Waals surface area contributed by atoms with Crippen LogP contribution in [0.15, 0.2) is 157 Å². The van der Waals surface area contributed by atoms with Crippen LogP contribution < -0.4 is 0 Å². The van der Waals surface area contributed by atoms with Crippen LogP contribution in [0.4, 0.5) is 0 Å². The zero-order valence-electron chi connectivity index (χ0n) is 39.5. The second-order valence-corrected chi connectivity index (χ2v) is 9.06. The van der Waals surface area contributed by atoms with Gasteiger partial charge in [0.05, 0.1) is 26.0 Å². The summed E-state index contributed by atoms with van der Waals surface area (Å²) in [5.74, 6) is 0. The molecule has 0 aromatic heterocycles. The van der Waals surface area contributed by atoms with Crippen LogP contribution in [-0.2, 0) is 0 Å². The van der Waals surface area contributed by atoms with Crippen LogP contribution in [0.5, 0.6) is 0 Å². The summed E-state index contributed by atoms with van der Waals surface area (Å²) in [7, 11) is 0. The van der Waals surface area contributed by atoms with Gasteiger partial charge in [0, 0.05) is 0 Å². The van der Waals surface area contributed by atoms with Crippen molar-refractivity contribution >= 4 is 43.1 Å². The summed E-state index contributed by atoms with van der Waals surface area (Å²) < 4.78 is 170. The van der Waals surface area contributed by atoms with Crippen molar-refractivity contribution in [3.63, 3.8) is 0 Å². The zero-order valence-corrected chi connectivity index (χ0v) is 20.5. The summed E-state index contributed by atoms with van der Waals surface area (Å²) in [6.07, 6.45) is 0. The third kappa shape index (κ3) is 3.54. The SMILES string of the molecule is [2H]c1c([2H])c([2H])c(-c2c3c([2H])c([2H])c([2H])c([2H])c3c(-c3c([2H])c([2H])c([2H])c4c([2H])c([2H])c([2H])c([2H])c34)c3c([2H])c([2H])c([2H])c([2H])c23)c(-c2ccc3ccccc3c2)c1[2H]. The largest absolute Gasteiger partial charge is 0.0629 e. The fourth-order valence-corrected chi connectivity index (χ4v) is 5.19. The van der Waals surface area contributed by atoms with Crippen LogP contribution in [0.3, 0.4) is 0 Å². The average molecular weight is 526 g/mol. The molecule has 40 heavy (non-hydrogen) atoms. The molecule has 0 aliphatic heterocycles. The number of benzene rings is 8. The standard InChI is InChI=1S/C40H26/c1-2-14-29-26-30(25-24-27(29)12-1)32-17-5-6-18-33(32)39-35-19-7-9-21-37(35)40(38-22-10-8-20-36(38)39)34-23-11-15-28-13-3-4-16-31(28)34/h1-26H/i3D,4D,5D,6D,7D,8D,9D,10D,11D,13D,15D,16D,17D,18D,19D,20D,21D,22D,23D. The normalized spacial score (nSPS) is 18.1. The van der Waals surface area contributed by atoms with Gasteiger partial charge in [0.1, 0.15) is 0 Å². The lowest BCUT2D eigenvalue weighted by molar-refractivity contribution is 1.62. The van der Waals surface area contributed by atoms with Gasteiger partial charge in [-0.1, -0.05) is 151 Å². The lowest BCUT2D eigenvalue weighted by Gasteiger charge is -2.20. The molecule has 0 atom stereocenters. The number of hydrogen-bond acceptors (Lipinski definition) is 0. The van der Waals surface area contributed by atoms with E-state index in [0.717, 1.165) is 5.39 Å². The van der Waals surface area contributed by atoms with Gasteiger partial charge in [-0.25, -0.2) is 0 Å². The van der Waals surface area contributed by atoms with E-state index in [2.05, 4.69) is 0 Å². The highest BCUT2D eigenvalue weighted by Gasteiger charge is 2.19. The van der Waals surface area contributed by atoms with E-state index in [-0.39, 0.29) is 16.7 Å². The molecule has 8 aromatic rings. The van der Waals surface area contributed by atoms with Gasteiger partial charge in [0.2, 0.25) is 0 Å². The quantitative estimate of drug-likeness (QED) is 0.201. The first kappa shape index (κ1) is 10.8. The molecule has 0 radical (unpaired) electrons. The Balaban J connectivity index is 1.78. The lowest BCUT2D eigenvalue weighted by Crippen LogP contribution is -1.93. The van der Waals surface area contributed by atoms with Gasteiger partial charge in [-0.15, -0.1) is 0 Å². The second-order valence-electron chi connectivity index (χ2n) is 9.06. The highest BCUT2D eigenvalue weighted by atomic mass is 14.2. The van der Waals surface area contributed by atoms with Gasteiger partial charge in [-0.2, -0.15) is 0 Å². The maximum absolute atomic E-state index is 9.39. The summed E-state index contributed by atoms with van der Waals surface area (Å²) in [5.41, 5.74) is -1.83. The molecule has 0 saturated carbocycles. The number of rotatable bonds is 3. The Morgan fingerprint density at radius 2 is 0.850 bits per heavy atom. The average Bonchev–Trinajstić information content (AvgIpc) is 3.23. The van der Waals surface area contributed by atoms with Crippen molar-refractivity contribution in [2.45, 2.75) is 0 Å². The van der Waals surface area contributed by atoms with E-state index in [1.165, 1.54) is 0 Å². The monoisotopic (exact) mass is 525 g/mol. The third-order valence-corrected chi connectivity index (χ3v) is 6.91. The first-order chi connectivity index (χ1) is 27.8. The molecule has 8 rings (SSSR count). The summed E-state index contributed by atoms with van der Waals surface area (Å²) in [6.45, 7) is 0. The molecule has 0 nitrogen and oxygen atoms in total. The zero-order chi connectivity index (χ0) is 43.0. The number of fused-ring (bicyclic) bond motifs is 4. The van der Waals surface area contributed by atoms with E-state index in [0.29, 0.717) is 5.39 Å². The molecule has 0 unspecified atom stereocenters. The molecule has 0 saturated heterocycles. The molecule has 0 heteroatoms. The van der Waals surface area contributed by atoms with Crippen molar-refractivity contribution in [3.8, 4) is 33.4 Å². The van der Waals surface area contributed by atoms with Crippen molar-refractivity contribution in [1.82, 2.24) is 0 Å². The molecular formula is C40H26. The molecule has 0 amide bonds. The van der Waals surface area contributed by atoms with Gasteiger partial charge < -0.3 is 0 Å². The minimum absolute atomic E-state index is 0.162. The fourth-order valence-electron chi connectivity index (χ4n) is 5.19. The molecule has 0 N–H and O–H groups in total. The maximum atomic E-state index is 9.39. The Bertz CT molecular complexity index is 3170. The highest BCUT2D eigenvalue weighted by molar-refractivity contribution is 6.24. The molecule has 0 heterocycles. The number of hydrogen-bond donors (Lipinski definition) is 0. The van der Waals surface area contributed by atoms with Gasteiger partial charge in [0.25, 0.3) is 0 Å². The van der Waals surface area contributed by atoms with Crippen LogP contribution >= 0.6 is 0 Å². The molecule has 186 valence electrons. The van der Waals surface area contributed by atoms with Crippen LogP contribution in [0.25, 0.3) is 76.5 Å². The Morgan fingerprint density at radius 1 is 0.350 bits per heavy atom. The Hall–Kier alpha value is -5.20. The van der Waals surface area contributed by atoms with Crippen LogP contribution in [-0.4, -0.2) is 0 Å². The van der Waals surface area contributed by atoms with E-state index in [4.69, 9.17) is 16.4 Å². The van der Waals surface area contributed by atoms with Crippen LogP contribution in [0, 0.1) is 0 Å².